The van der Waals surface area contributed by atoms with E-state index in [4.69, 9.17) is 0 Å². The lowest BCUT2D eigenvalue weighted by atomic mass is 10.3. The van der Waals surface area contributed by atoms with Crippen LogP contribution in [0.5, 0.6) is 0 Å². The Labute approximate surface area is 142 Å². The van der Waals surface area contributed by atoms with Gasteiger partial charge in [-0.25, -0.2) is 8.78 Å². The van der Waals surface area contributed by atoms with Crippen LogP contribution in [0, 0.1) is 11.6 Å². The monoisotopic (exact) mass is 365 g/mol. The predicted molar refractivity (Wildman–Crippen MR) is 88.1 cm³/mol. The van der Waals surface area contributed by atoms with Gasteiger partial charge in [0.2, 0.25) is 5.95 Å². The Morgan fingerprint density at radius 2 is 1.64 bits per heavy atom. The summed E-state index contributed by atoms with van der Waals surface area (Å²) in [6.45, 7) is 0. The number of aromatic nitrogens is 3. The van der Waals surface area contributed by atoms with Gasteiger partial charge in [-0.1, -0.05) is 24.3 Å². The summed E-state index contributed by atoms with van der Waals surface area (Å²) in [4.78, 5) is 3.88. The second-order valence-electron chi connectivity index (χ2n) is 4.92. The molecule has 0 saturated heterocycles. The third-order valence-electron chi connectivity index (χ3n) is 3.25. The maximum absolute atomic E-state index is 13.7. The molecule has 0 fully saturated rings. The van der Waals surface area contributed by atoms with Crippen LogP contribution in [0.1, 0.15) is 0 Å². The summed E-state index contributed by atoms with van der Waals surface area (Å²) in [6.07, 6.45) is 0. The van der Waals surface area contributed by atoms with E-state index in [-0.39, 0.29) is 5.95 Å². The van der Waals surface area contributed by atoms with Gasteiger partial charge in [-0.05, 0) is 24.3 Å². The van der Waals surface area contributed by atoms with Crippen molar-refractivity contribution >= 4 is 21.7 Å². The average Bonchev–Trinajstić information content (AvgIpc) is 3.04. The van der Waals surface area contributed by atoms with Gasteiger partial charge in [-0.3, -0.25) is 4.72 Å². The number of halogens is 2. The lowest BCUT2D eigenvalue weighted by Crippen LogP contribution is -2.17. The smallest absolute Gasteiger partial charge is 0.299 e. The van der Waals surface area contributed by atoms with Gasteiger partial charge in [0, 0.05) is 7.05 Å². The molecule has 0 unspecified atom stereocenters. The number of hydrogen-bond acceptors (Lipinski definition) is 5. The number of para-hydroxylation sites is 2. The largest absolute Gasteiger partial charge is 0.357 e. The minimum absolute atomic E-state index is 0.153. The van der Waals surface area contributed by atoms with E-state index in [1.807, 2.05) is 4.72 Å². The number of sulfonamides is 1. The number of benzene rings is 2. The standard InChI is InChI=1S/C15H13F2N5O2S/c1-18-14-19-15(20-22(14)10-6-3-2-4-7-10)25(23,24)21-13-11(16)8-5-9-12(13)17/h2-9,21H,1H3,(H,18,19,20). The Morgan fingerprint density at radius 1 is 1.00 bits per heavy atom. The third kappa shape index (κ3) is 3.29. The van der Waals surface area contributed by atoms with Crippen LogP contribution in [-0.4, -0.2) is 30.2 Å². The van der Waals surface area contributed by atoms with Gasteiger partial charge in [-0.15, -0.1) is 5.10 Å². The van der Waals surface area contributed by atoms with Gasteiger partial charge in [0.05, 0.1) is 5.69 Å². The molecule has 0 bridgehead atoms. The van der Waals surface area contributed by atoms with Crippen LogP contribution in [-0.2, 0) is 10.0 Å². The van der Waals surface area contributed by atoms with Crippen molar-refractivity contribution in [2.24, 2.45) is 0 Å². The quantitative estimate of drug-likeness (QED) is 0.725. The van der Waals surface area contributed by atoms with E-state index in [2.05, 4.69) is 15.4 Å². The minimum Gasteiger partial charge on any atom is -0.357 e. The van der Waals surface area contributed by atoms with Crippen LogP contribution in [0.15, 0.2) is 53.7 Å². The zero-order valence-electron chi connectivity index (χ0n) is 12.9. The zero-order valence-corrected chi connectivity index (χ0v) is 13.8. The van der Waals surface area contributed by atoms with Gasteiger partial charge in [0.1, 0.15) is 17.3 Å². The first-order valence-corrected chi connectivity index (χ1v) is 8.58. The first-order chi connectivity index (χ1) is 11.9. The summed E-state index contributed by atoms with van der Waals surface area (Å²) < 4.78 is 55.3. The van der Waals surface area contributed by atoms with E-state index in [0.717, 1.165) is 18.2 Å². The molecule has 130 valence electrons. The molecule has 0 aliphatic heterocycles. The van der Waals surface area contributed by atoms with E-state index in [1.165, 1.54) is 4.68 Å². The van der Waals surface area contributed by atoms with Gasteiger partial charge in [-0.2, -0.15) is 18.1 Å². The molecule has 2 aromatic carbocycles. The maximum Gasteiger partial charge on any atom is 0.299 e. The summed E-state index contributed by atoms with van der Waals surface area (Å²) in [5, 5.41) is 6.03. The van der Waals surface area contributed by atoms with Crippen molar-refractivity contribution in [2.75, 3.05) is 17.1 Å². The van der Waals surface area contributed by atoms with Crippen LogP contribution in [0.25, 0.3) is 5.69 Å². The number of hydrogen-bond donors (Lipinski definition) is 2. The van der Waals surface area contributed by atoms with Gasteiger partial charge >= 0.3 is 0 Å². The number of anilines is 2. The zero-order chi connectivity index (χ0) is 18.0. The molecule has 7 nitrogen and oxygen atoms in total. The molecule has 0 radical (unpaired) electrons. The number of nitrogens with zero attached hydrogens (tertiary/aromatic N) is 3. The van der Waals surface area contributed by atoms with Gasteiger partial charge in [0.15, 0.2) is 0 Å². The van der Waals surface area contributed by atoms with E-state index in [0.29, 0.717) is 5.69 Å². The highest BCUT2D eigenvalue weighted by molar-refractivity contribution is 7.92. The van der Waals surface area contributed by atoms with Crippen molar-refractivity contribution < 1.29 is 17.2 Å². The normalized spacial score (nSPS) is 11.3. The molecule has 3 aromatic rings. The summed E-state index contributed by atoms with van der Waals surface area (Å²) in [5.41, 5.74) is -0.220. The first-order valence-electron chi connectivity index (χ1n) is 7.09. The second-order valence-corrected chi connectivity index (χ2v) is 6.49. The minimum atomic E-state index is -4.39. The molecular formula is C15H13F2N5O2S. The van der Waals surface area contributed by atoms with E-state index < -0.39 is 32.5 Å². The van der Waals surface area contributed by atoms with Crippen LogP contribution in [0.4, 0.5) is 20.4 Å². The molecule has 2 N–H and O–H groups in total. The molecule has 0 aliphatic rings. The van der Waals surface area contributed by atoms with Crippen LogP contribution in [0.3, 0.4) is 0 Å². The highest BCUT2D eigenvalue weighted by Gasteiger charge is 2.25. The van der Waals surface area contributed by atoms with E-state index in [9.17, 15) is 17.2 Å². The fourth-order valence-electron chi connectivity index (χ4n) is 2.09. The molecule has 0 aliphatic carbocycles. The van der Waals surface area contributed by atoms with Crippen molar-refractivity contribution in [1.29, 1.82) is 0 Å². The molecule has 0 atom stereocenters. The molecule has 1 aromatic heterocycles. The highest BCUT2D eigenvalue weighted by atomic mass is 32.2. The Hall–Kier alpha value is -3.01. The SMILES string of the molecule is CNc1nc(S(=O)(=O)Nc2c(F)cccc2F)nn1-c1ccccc1. The van der Waals surface area contributed by atoms with Crippen molar-refractivity contribution in [3.63, 3.8) is 0 Å². The molecule has 10 heteroatoms. The molecule has 0 spiro atoms. The van der Waals surface area contributed by atoms with Gasteiger partial charge in [0.25, 0.3) is 15.2 Å². The average molecular weight is 365 g/mol. The number of nitrogens with one attached hydrogen (secondary N) is 2. The molecule has 0 saturated carbocycles. The molecule has 0 amide bonds. The molecular weight excluding hydrogens is 352 g/mol. The van der Waals surface area contributed by atoms with Crippen molar-refractivity contribution in [3.05, 3.63) is 60.2 Å². The van der Waals surface area contributed by atoms with Gasteiger partial charge < -0.3 is 5.32 Å². The Bertz CT molecular complexity index is 986. The lowest BCUT2D eigenvalue weighted by Gasteiger charge is -2.06. The van der Waals surface area contributed by atoms with Crippen LogP contribution in [0.2, 0.25) is 0 Å². The van der Waals surface area contributed by atoms with Crippen molar-refractivity contribution in [3.8, 4) is 5.69 Å². The summed E-state index contributed by atoms with van der Waals surface area (Å²) in [6, 6.07) is 11.7. The number of rotatable bonds is 5. The van der Waals surface area contributed by atoms with Crippen molar-refractivity contribution in [1.82, 2.24) is 14.8 Å². The maximum atomic E-state index is 13.7. The second kappa shape index (κ2) is 6.48. The van der Waals surface area contributed by atoms with Crippen LogP contribution < -0.4 is 10.0 Å². The third-order valence-corrected chi connectivity index (χ3v) is 4.38. The fraction of sp³-hybridized carbons (Fsp3) is 0.0667. The lowest BCUT2D eigenvalue weighted by molar-refractivity contribution is 0.578. The topological polar surface area (TPSA) is 88.9 Å². The van der Waals surface area contributed by atoms with E-state index >= 15 is 0 Å². The Balaban J connectivity index is 2.03. The summed E-state index contributed by atoms with van der Waals surface area (Å²) in [5.74, 6) is -1.93. The Kier molecular flexibility index (Phi) is 4.36. The predicted octanol–water partition coefficient (Wildman–Crippen LogP) is 2.39. The summed E-state index contributed by atoms with van der Waals surface area (Å²) >= 11 is 0. The molecule has 3 rings (SSSR count). The Morgan fingerprint density at radius 3 is 2.24 bits per heavy atom. The summed E-state index contributed by atoms with van der Waals surface area (Å²) in [7, 11) is -2.85. The fourth-order valence-corrected chi connectivity index (χ4v) is 3.04. The highest BCUT2D eigenvalue weighted by Crippen LogP contribution is 2.22. The van der Waals surface area contributed by atoms with Crippen molar-refractivity contribution in [2.45, 2.75) is 5.16 Å². The van der Waals surface area contributed by atoms with Crippen LogP contribution >= 0.6 is 0 Å². The molecule has 1 heterocycles. The molecule has 25 heavy (non-hydrogen) atoms. The first kappa shape index (κ1) is 16.8. The van der Waals surface area contributed by atoms with E-state index in [1.54, 1.807) is 37.4 Å².